The van der Waals surface area contributed by atoms with Gasteiger partial charge >= 0.3 is 5.97 Å². The van der Waals surface area contributed by atoms with Crippen molar-refractivity contribution in [1.29, 1.82) is 0 Å². The highest BCUT2D eigenvalue weighted by molar-refractivity contribution is 7.17. The van der Waals surface area contributed by atoms with Crippen LogP contribution in [0.3, 0.4) is 0 Å². The number of carbonyl (C=O) groups is 3. The van der Waals surface area contributed by atoms with Gasteiger partial charge in [-0.2, -0.15) is 0 Å². The molecular weight excluding hydrogens is 468 g/mol. The molecule has 2 saturated carbocycles. The lowest BCUT2D eigenvalue weighted by Gasteiger charge is -2.52. The zero-order valence-electron chi connectivity index (χ0n) is 21.1. The Morgan fingerprint density at radius 2 is 1.97 bits per heavy atom. The van der Waals surface area contributed by atoms with Crippen LogP contribution in [0.15, 0.2) is 65.1 Å². The fourth-order valence-electron chi connectivity index (χ4n) is 8.02. The minimum Gasteiger partial charge on any atom is -0.458 e. The smallest absolute Gasteiger partial charge is 0.303 e. The number of benzene rings is 1. The van der Waals surface area contributed by atoms with Crippen LogP contribution in [0, 0.1) is 28.6 Å². The standard InChI is InChI=1S/C31H32O4S/c1-18(32)35-16-27(34)29-23(24-17-36-28-7-5-4-6-21(24)28)15-26-22-9-8-19-14-20(33)10-12-30(19,2)25(22)11-13-31(26,29)3/h4-7,10-12,14,17,22-23,26,29H,8-9,13,15-16H2,1-3H3/t22?,23-,26?,29+,30-,31-/m0/s1. The summed E-state index contributed by atoms with van der Waals surface area (Å²) in [4.78, 5) is 37.5. The first-order valence-electron chi connectivity index (χ1n) is 13.0. The van der Waals surface area contributed by atoms with E-state index in [2.05, 4.69) is 55.6 Å². The third-order valence-corrected chi connectivity index (χ3v) is 10.7. The highest BCUT2D eigenvalue weighted by atomic mass is 32.1. The predicted octanol–water partition coefficient (Wildman–Crippen LogP) is 6.57. The molecule has 2 unspecified atom stereocenters. The summed E-state index contributed by atoms with van der Waals surface area (Å²) in [7, 11) is 0. The number of Topliss-reactive ketones (excluding diaryl/α,β-unsaturated/α-hetero) is 1. The number of allylic oxidation sites excluding steroid dienone is 6. The number of thiophene rings is 1. The number of ether oxygens (including phenoxy) is 1. The van der Waals surface area contributed by atoms with E-state index >= 15 is 0 Å². The summed E-state index contributed by atoms with van der Waals surface area (Å²) in [6.45, 7) is 5.76. The van der Waals surface area contributed by atoms with Crippen LogP contribution in [0.5, 0.6) is 0 Å². The van der Waals surface area contributed by atoms with Crippen LogP contribution < -0.4 is 0 Å². The molecular formula is C31H32O4S. The third-order valence-electron chi connectivity index (χ3n) is 9.68. The number of hydrogen-bond donors (Lipinski definition) is 0. The number of ketones is 2. The highest BCUT2D eigenvalue weighted by Crippen LogP contribution is 2.67. The van der Waals surface area contributed by atoms with Gasteiger partial charge in [0.1, 0.15) is 6.61 Å². The first kappa shape index (κ1) is 23.6. The molecule has 186 valence electrons. The van der Waals surface area contributed by atoms with Crippen LogP contribution in [0.1, 0.15) is 57.9 Å². The SMILES string of the molecule is CC(=O)OCC(=O)[C@H]1[C@H](c2csc3ccccc23)CC2C3CCC4=CC(=O)C=C[C@]4(C)C3=CC[C@@]21C. The molecule has 0 bridgehead atoms. The van der Waals surface area contributed by atoms with Crippen LogP contribution in [-0.2, 0) is 19.1 Å². The maximum absolute atomic E-state index is 13.8. The summed E-state index contributed by atoms with van der Waals surface area (Å²) in [5.41, 5.74) is 3.50. The Kier molecular flexibility index (Phi) is 5.49. The van der Waals surface area contributed by atoms with Gasteiger partial charge in [0.15, 0.2) is 11.6 Å². The summed E-state index contributed by atoms with van der Waals surface area (Å²) in [5, 5.41) is 3.48. The second-order valence-electron chi connectivity index (χ2n) is 11.5. The van der Waals surface area contributed by atoms with Gasteiger partial charge in [0.2, 0.25) is 0 Å². The first-order valence-corrected chi connectivity index (χ1v) is 13.9. The Bertz CT molecular complexity index is 1380. The molecule has 2 aromatic rings. The van der Waals surface area contributed by atoms with Gasteiger partial charge in [0.25, 0.3) is 0 Å². The molecule has 4 aliphatic carbocycles. The second-order valence-corrected chi connectivity index (χ2v) is 12.4. The lowest BCUT2D eigenvalue weighted by Crippen LogP contribution is -2.45. The maximum Gasteiger partial charge on any atom is 0.303 e. The minimum absolute atomic E-state index is 0.0399. The second kappa shape index (κ2) is 8.37. The van der Waals surface area contributed by atoms with Crippen molar-refractivity contribution in [2.24, 2.45) is 28.6 Å². The number of fused-ring (bicyclic) bond motifs is 6. The molecule has 6 atom stereocenters. The van der Waals surface area contributed by atoms with E-state index in [0.29, 0.717) is 11.8 Å². The zero-order valence-corrected chi connectivity index (χ0v) is 21.9. The molecule has 0 saturated heterocycles. The molecule has 0 radical (unpaired) electrons. The molecule has 1 aromatic heterocycles. The molecule has 0 N–H and O–H groups in total. The Balaban J connectivity index is 1.43. The maximum atomic E-state index is 13.8. The van der Waals surface area contributed by atoms with Crippen molar-refractivity contribution >= 4 is 39.0 Å². The normalized spacial score (nSPS) is 34.9. The Morgan fingerprint density at radius 3 is 2.78 bits per heavy atom. The molecule has 0 spiro atoms. The van der Waals surface area contributed by atoms with Crippen LogP contribution in [0.2, 0.25) is 0 Å². The number of carbonyl (C=O) groups excluding carboxylic acids is 3. The van der Waals surface area contributed by atoms with Gasteiger partial charge < -0.3 is 4.74 Å². The van der Waals surface area contributed by atoms with Gasteiger partial charge in [-0.1, -0.05) is 48.4 Å². The monoisotopic (exact) mass is 500 g/mol. The van der Waals surface area contributed by atoms with E-state index in [1.807, 2.05) is 6.08 Å². The summed E-state index contributed by atoms with van der Waals surface area (Å²) in [6.07, 6.45) is 11.8. The van der Waals surface area contributed by atoms with Crippen molar-refractivity contribution in [3.63, 3.8) is 0 Å². The van der Waals surface area contributed by atoms with Crippen molar-refractivity contribution in [3.8, 4) is 0 Å². The minimum atomic E-state index is -0.412. The summed E-state index contributed by atoms with van der Waals surface area (Å²) < 4.78 is 6.49. The van der Waals surface area contributed by atoms with E-state index in [4.69, 9.17) is 4.74 Å². The van der Waals surface area contributed by atoms with Crippen LogP contribution in [-0.4, -0.2) is 24.1 Å². The molecule has 4 nitrogen and oxygen atoms in total. The van der Waals surface area contributed by atoms with E-state index in [0.717, 1.165) is 25.7 Å². The van der Waals surface area contributed by atoms with Gasteiger partial charge in [0, 0.05) is 23.0 Å². The lowest BCUT2D eigenvalue weighted by atomic mass is 9.52. The number of hydrogen-bond acceptors (Lipinski definition) is 5. The van der Waals surface area contributed by atoms with E-state index in [1.54, 1.807) is 17.4 Å². The van der Waals surface area contributed by atoms with Crippen LogP contribution in [0.25, 0.3) is 10.1 Å². The van der Waals surface area contributed by atoms with Crippen molar-refractivity contribution < 1.29 is 19.1 Å². The van der Waals surface area contributed by atoms with Gasteiger partial charge in [-0.25, -0.2) is 0 Å². The lowest BCUT2D eigenvalue weighted by molar-refractivity contribution is -0.148. The number of esters is 1. The average molecular weight is 501 g/mol. The van der Waals surface area contributed by atoms with Crippen molar-refractivity contribution in [1.82, 2.24) is 0 Å². The number of rotatable bonds is 4. The molecule has 0 amide bonds. The van der Waals surface area contributed by atoms with Gasteiger partial charge in [-0.3, -0.25) is 14.4 Å². The molecule has 6 rings (SSSR count). The van der Waals surface area contributed by atoms with E-state index < -0.39 is 5.97 Å². The van der Waals surface area contributed by atoms with Crippen molar-refractivity contribution in [2.75, 3.05) is 6.61 Å². The topological polar surface area (TPSA) is 60.4 Å². The van der Waals surface area contributed by atoms with Crippen LogP contribution in [0.4, 0.5) is 0 Å². The molecule has 2 fully saturated rings. The molecule has 36 heavy (non-hydrogen) atoms. The van der Waals surface area contributed by atoms with Crippen LogP contribution >= 0.6 is 11.3 Å². The highest BCUT2D eigenvalue weighted by Gasteiger charge is 2.60. The summed E-state index contributed by atoms with van der Waals surface area (Å²) in [6, 6.07) is 8.46. The Labute approximate surface area is 216 Å². The van der Waals surface area contributed by atoms with Crippen molar-refractivity contribution in [3.05, 3.63) is 70.7 Å². The van der Waals surface area contributed by atoms with Gasteiger partial charge in [0.05, 0.1) is 0 Å². The average Bonchev–Trinajstić information content (AvgIpc) is 3.41. The van der Waals surface area contributed by atoms with Gasteiger partial charge in [-0.05, 0) is 90.3 Å². The third kappa shape index (κ3) is 3.42. The molecule has 4 aliphatic rings. The summed E-state index contributed by atoms with van der Waals surface area (Å²) in [5.74, 6) is 0.344. The summed E-state index contributed by atoms with van der Waals surface area (Å²) >= 11 is 1.74. The van der Waals surface area contributed by atoms with E-state index in [-0.39, 0.29) is 40.8 Å². The van der Waals surface area contributed by atoms with E-state index in [1.165, 1.54) is 33.7 Å². The van der Waals surface area contributed by atoms with E-state index in [9.17, 15) is 14.4 Å². The fraction of sp³-hybridized carbons (Fsp3) is 0.452. The predicted molar refractivity (Wildman–Crippen MR) is 142 cm³/mol. The van der Waals surface area contributed by atoms with Gasteiger partial charge in [-0.15, -0.1) is 11.3 Å². The Morgan fingerprint density at radius 1 is 1.17 bits per heavy atom. The molecule has 1 aromatic carbocycles. The van der Waals surface area contributed by atoms with Crippen molar-refractivity contribution in [2.45, 2.75) is 52.4 Å². The first-order chi connectivity index (χ1) is 17.2. The Hall–Kier alpha value is -2.79. The fourth-order valence-corrected chi connectivity index (χ4v) is 9.05. The molecule has 0 aliphatic heterocycles. The largest absolute Gasteiger partial charge is 0.458 e. The zero-order chi connectivity index (χ0) is 25.2. The quantitative estimate of drug-likeness (QED) is 0.352. The molecule has 1 heterocycles. The molecule has 5 heteroatoms.